The Balaban J connectivity index is 1.72. The zero-order chi connectivity index (χ0) is 17.5. The van der Waals surface area contributed by atoms with E-state index in [0.717, 1.165) is 59.6 Å². The van der Waals surface area contributed by atoms with Crippen LogP contribution in [0.3, 0.4) is 0 Å². The fourth-order valence-corrected chi connectivity index (χ4v) is 3.76. The van der Waals surface area contributed by atoms with Gasteiger partial charge in [-0.1, -0.05) is 18.2 Å². The Hall–Kier alpha value is -2.99. The lowest BCUT2D eigenvalue weighted by atomic mass is 10.1. The van der Waals surface area contributed by atoms with Crippen molar-refractivity contribution in [3.05, 3.63) is 55.1 Å². The van der Waals surface area contributed by atoms with Crippen LogP contribution in [0.2, 0.25) is 0 Å². The number of hydrogen-bond acceptors (Lipinski definition) is 5. The van der Waals surface area contributed by atoms with Gasteiger partial charge in [0.2, 0.25) is 0 Å². The highest BCUT2D eigenvalue weighted by atomic mass is 16.3. The van der Waals surface area contributed by atoms with E-state index in [1.54, 1.807) is 6.20 Å². The second-order valence-electron chi connectivity index (χ2n) is 6.70. The van der Waals surface area contributed by atoms with Gasteiger partial charge in [-0.25, -0.2) is 4.98 Å². The largest absolute Gasteiger partial charge is 0.393 e. The third-order valence-electron chi connectivity index (χ3n) is 5.11. The number of fused-ring (bicyclic) bond motifs is 2. The van der Waals surface area contributed by atoms with Crippen molar-refractivity contribution in [2.75, 3.05) is 18.0 Å². The first-order chi connectivity index (χ1) is 12.8. The van der Waals surface area contributed by atoms with Crippen LogP contribution in [0.5, 0.6) is 0 Å². The molecule has 1 aromatic carbocycles. The lowest BCUT2D eigenvalue weighted by Crippen LogP contribution is -2.36. The van der Waals surface area contributed by atoms with Crippen LogP contribution in [0.25, 0.3) is 27.8 Å². The van der Waals surface area contributed by atoms with E-state index in [1.165, 1.54) is 0 Å². The summed E-state index contributed by atoms with van der Waals surface area (Å²) >= 11 is 0. The molecule has 1 N–H and O–H groups in total. The number of piperidine rings is 1. The Labute approximate surface area is 150 Å². The molecule has 4 aromatic rings. The van der Waals surface area contributed by atoms with Gasteiger partial charge in [-0.05, 0) is 25.0 Å². The number of hydrogen-bond donors (Lipinski definition) is 1. The van der Waals surface area contributed by atoms with Crippen LogP contribution in [0.15, 0.2) is 55.1 Å². The van der Waals surface area contributed by atoms with E-state index in [4.69, 9.17) is 0 Å². The summed E-state index contributed by atoms with van der Waals surface area (Å²) in [6.45, 7) is 1.63. The molecule has 0 saturated carbocycles. The first kappa shape index (κ1) is 15.3. The molecule has 6 nitrogen and oxygen atoms in total. The van der Waals surface area contributed by atoms with Gasteiger partial charge in [-0.15, -0.1) is 0 Å². The lowest BCUT2D eigenvalue weighted by molar-refractivity contribution is 0.145. The van der Waals surface area contributed by atoms with Gasteiger partial charge in [0, 0.05) is 30.2 Å². The zero-order valence-electron chi connectivity index (χ0n) is 14.3. The predicted octanol–water partition coefficient (Wildman–Crippen LogP) is 2.91. The highest BCUT2D eigenvalue weighted by Crippen LogP contribution is 2.31. The highest BCUT2D eigenvalue weighted by molar-refractivity contribution is 5.94. The van der Waals surface area contributed by atoms with Crippen molar-refractivity contribution in [2.24, 2.45) is 0 Å². The number of aliphatic hydroxyl groups excluding tert-OH is 1. The second kappa shape index (κ2) is 6.07. The number of imidazole rings is 1. The molecule has 1 aliphatic rings. The summed E-state index contributed by atoms with van der Waals surface area (Å²) in [6.07, 6.45) is 8.74. The van der Waals surface area contributed by atoms with E-state index >= 15 is 0 Å². The molecule has 0 bridgehead atoms. The summed E-state index contributed by atoms with van der Waals surface area (Å²) in [5.74, 6) is 1.02. The Morgan fingerprint density at radius 2 is 1.85 bits per heavy atom. The summed E-state index contributed by atoms with van der Waals surface area (Å²) in [4.78, 5) is 15.7. The van der Waals surface area contributed by atoms with Crippen LogP contribution in [0, 0.1) is 0 Å². The molecule has 0 unspecified atom stereocenters. The van der Waals surface area contributed by atoms with Crippen LogP contribution < -0.4 is 4.90 Å². The van der Waals surface area contributed by atoms with Crippen LogP contribution in [0.1, 0.15) is 12.8 Å². The summed E-state index contributed by atoms with van der Waals surface area (Å²) in [5.41, 5.74) is 3.93. The molecule has 26 heavy (non-hydrogen) atoms. The van der Waals surface area contributed by atoms with Gasteiger partial charge < -0.3 is 10.0 Å². The maximum absolute atomic E-state index is 9.83. The minimum absolute atomic E-state index is 0.204. The minimum atomic E-state index is -0.204. The van der Waals surface area contributed by atoms with Crippen LogP contribution in [0.4, 0.5) is 5.82 Å². The molecule has 6 heteroatoms. The van der Waals surface area contributed by atoms with Crippen LogP contribution >= 0.6 is 0 Å². The Kier molecular flexibility index (Phi) is 3.57. The molecule has 0 amide bonds. The van der Waals surface area contributed by atoms with E-state index in [-0.39, 0.29) is 6.10 Å². The van der Waals surface area contributed by atoms with E-state index in [2.05, 4.69) is 36.4 Å². The van der Waals surface area contributed by atoms with E-state index in [0.29, 0.717) is 0 Å². The van der Waals surface area contributed by atoms with Crippen LogP contribution in [-0.4, -0.2) is 43.7 Å². The topological polar surface area (TPSA) is 66.5 Å². The van der Waals surface area contributed by atoms with Gasteiger partial charge in [-0.3, -0.25) is 14.4 Å². The van der Waals surface area contributed by atoms with Crippen molar-refractivity contribution in [3.8, 4) is 11.3 Å². The Morgan fingerprint density at radius 1 is 0.962 bits per heavy atom. The number of anilines is 1. The summed E-state index contributed by atoms with van der Waals surface area (Å²) < 4.78 is 2.16. The van der Waals surface area contributed by atoms with Crippen molar-refractivity contribution in [1.29, 1.82) is 0 Å². The van der Waals surface area contributed by atoms with Crippen molar-refractivity contribution in [2.45, 2.75) is 18.9 Å². The van der Waals surface area contributed by atoms with Gasteiger partial charge in [0.05, 0.1) is 35.9 Å². The number of aliphatic hydroxyl groups is 1. The third-order valence-corrected chi connectivity index (χ3v) is 5.11. The first-order valence-corrected chi connectivity index (χ1v) is 8.90. The summed E-state index contributed by atoms with van der Waals surface area (Å²) in [6, 6.07) is 10.2. The molecule has 0 aliphatic carbocycles. The van der Waals surface area contributed by atoms with Crippen molar-refractivity contribution >= 4 is 22.4 Å². The molecule has 1 fully saturated rings. The molecule has 1 saturated heterocycles. The van der Waals surface area contributed by atoms with Gasteiger partial charge >= 0.3 is 0 Å². The van der Waals surface area contributed by atoms with Crippen molar-refractivity contribution in [1.82, 2.24) is 19.4 Å². The number of benzene rings is 1. The van der Waals surface area contributed by atoms with Gasteiger partial charge in [0.1, 0.15) is 5.82 Å². The van der Waals surface area contributed by atoms with Crippen molar-refractivity contribution in [3.63, 3.8) is 0 Å². The fraction of sp³-hybridized carbons (Fsp3) is 0.250. The number of pyridine rings is 1. The molecule has 4 heterocycles. The van der Waals surface area contributed by atoms with E-state index in [9.17, 15) is 5.11 Å². The smallest absolute Gasteiger partial charge is 0.157 e. The number of aromatic nitrogens is 4. The fourth-order valence-electron chi connectivity index (χ4n) is 3.76. The third kappa shape index (κ3) is 2.42. The molecule has 5 rings (SSSR count). The monoisotopic (exact) mass is 345 g/mol. The Bertz CT molecular complexity index is 1080. The molecule has 0 atom stereocenters. The average Bonchev–Trinajstić information content (AvgIpc) is 3.12. The molecular formula is C20H19N5O. The molecule has 3 aromatic heterocycles. The molecule has 0 radical (unpaired) electrons. The first-order valence-electron chi connectivity index (χ1n) is 8.90. The van der Waals surface area contributed by atoms with Gasteiger partial charge in [-0.2, -0.15) is 0 Å². The standard InChI is InChI=1S/C20H19N5O/c26-14-6-9-24(10-7-14)20-13-21-12-19-23-11-18(25(19)20)16-3-1-5-17-15(16)4-2-8-22-17/h1-5,8,11-14,26H,6-7,9-10H2. The van der Waals surface area contributed by atoms with E-state index < -0.39 is 0 Å². The second-order valence-corrected chi connectivity index (χ2v) is 6.70. The zero-order valence-corrected chi connectivity index (χ0v) is 14.3. The van der Waals surface area contributed by atoms with Gasteiger partial charge in [0.15, 0.2) is 5.65 Å². The van der Waals surface area contributed by atoms with E-state index in [1.807, 2.05) is 36.8 Å². The average molecular weight is 345 g/mol. The predicted molar refractivity (Wildman–Crippen MR) is 101 cm³/mol. The molecule has 130 valence electrons. The Morgan fingerprint density at radius 3 is 2.73 bits per heavy atom. The minimum Gasteiger partial charge on any atom is -0.393 e. The highest BCUT2D eigenvalue weighted by Gasteiger charge is 2.21. The van der Waals surface area contributed by atoms with Crippen LogP contribution in [-0.2, 0) is 0 Å². The SMILES string of the molecule is OC1CCN(c2cncc3ncc(-c4cccc5ncccc45)n23)CC1. The number of rotatable bonds is 2. The van der Waals surface area contributed by atoms with Gasteiger partial charge in [0.25, 0.3) is 0 Å². The normalized spacial score (nSPS) is 15.8. The lowest BCUT2D eigenvalue weighted by Gasteiger charge is -2.31. The van der Waals surface area contributed by atoms with Crippen molar-refractivity contribution < 1.29 is 5.11 Å². The number of nitrogens with zero attached hydrogens (tertiary/aromatic N) is 5. The summed E-state index contributed by atoms with van der Waals surface area (Å²) in [7, 11) is 0. The maximum atomic E-state index is 9.83. The quantitative estimate of drug-likeness (QED) is 0.605. The molecule has 1 aliphatic heterocycles. The maximum Gasteiger partial charge on any atom is 0.157 e. The molecule has 0 spiro atoms. The molecular weight excluding hydrogens is 326 g/mol. The summed E-state index contributed by atoms with van der Waals surface area (Å²) in [5, 5.41) is 10.9.